The second kappa shape index (κ2) is 7.81. The van der Waals surface area contributed by atoms with Crippen molar-refractivity contribution < 1.29 is 4.39 Å². The molecule has 1 aliphatic rings. The van der Waals surface area contributed by atoms with Crippen LogP contribution in [-0.2, 0) is 0 Å². The quantitative estimate of drug-likeness (QED) is 0.701. The predicted molar refractivity (Wildman–Crippen MR) is 109 cm³/mol. The Morgan fingerprint density at radius 1 is 1.32 bits per heavy atom. The van der Waals surface area contributed by atoms with E-state index in [-0.39, 0.29) is 5.02 Å². The first-order chi connectivity index (χ1) is 13.5. The highest BCUT2D eigenvalue weighted by Gasteiger charge is 2.26. The molecule has 1 N–H and O–H groups in total. The van der Waals surface area contributed by atoms with Gasteiger partial charge in [-0.15, -0.1) is 0 Å². The van der Waals surface area contributed by atoms with Crippen LogP contribution >= 0.6 is 11.6 Å². The minimum atomic E-state index is -0.469. The highest BCUT2D eigenvalue weighted by molar-refractivity contribution is 6.31. The summed E-state index contributed by atoms with van der Waals surface area (Å²) in [5.41, 5.74) is 1.85. The smallest absolute Gasteiger partial charge is 0.226 e. The summed E-state index contributed by atoms with van der Waals surface area (Å²) in [5, 5.41) is 3.19. The first kappa shape index (κ1) is 18.8. The molecule has 1 aromatic carbocycles. The minimum Gasteiger partial charge on any atom is -0.340 e. The summed E-state index contributed by atoms with van der Waals surface area (Å²) < 4.78 is 13.4. The topological polar surface area (TPSA) is 70.1 Å². The van der Waals surface area contributed by atoms with Crippen LogP contribution < -0.4 is 10.2 Å². The molecule has 146 valence electrons. The molecule has 0 radical (unpaired) electrons. The summed E-state index contributed by atoms with van der Waals surface area (Å²) in [6.07, 6.45) is 4.22. The second-order valence-corrected chi connectivity index (χ2v) is 7.23. The SMILES string of the molecule is CCN1CCC(N(C)c2ncc3ncnc(Nc4ccc(F)c(Cl)c4)c3n2)C1. The van der Waals surface area contributed by atoms with Crippen LogP contribution in [0.25, 0.3) is 11.0 Å². The number of likely N-dealkylation sites (tertiary alicyclic amines) is 1. The number of benzene rings is 1. The molecule has 1 fully saturated rings. The summed E-state index contributed by atoms with van der Waals surface area (Å²) in [4.78, 5) is 22.3. The third kappa shape index (κ3) is 3.70. The molecule has 1 saturated heterocycles. The van der Waals surface area contributed by atoms with Gasteiger partial charge in [0.15, 0.2) is 5.82 Å². The number of nitrogens with zero attached hydrogens (tertiary/aromatic N) is 6. The van der Waals surface area contributed by atoms with Gasteiger partial charge >= 0.3 is 0 Å². The van der Waals surface area contributed by atoms with E-state index < -0.39 is 5.82 Å². The van der Waals surface area contributed by atoms with Crippen LogP contribution in [0.5, 0.6) is 0 Å². The predicted octanol–water partition coefficient (Wildman–Crippen LogP) is 3.49. The Morgan fingerprint density at radius 3 is 2.93 bits per heavy atom. The Hall–Kier alpha value is -2.58. The zero-order chi connectivity index (χ0) is 19.7. The van der Waals surface area contributed by atoms with Gasteiger partial charge in [0, 0.05) is 31.9 Å². The highest BCUT2D eigenvalue weighted by Crippen LogP contribution is 2.26. The number of nitrogens with one attached hydrogen (secondary N) is 1. The summed E-state index contributed by atoms with van der Waals surface area (Å²) >= 11 is 5.88. The molecule has 1 atom stereocenters. The van der Waals surface area contributed by atoms with Crippen molar-refractivity contribution in [2.75, 3.05) is 36.9 Å². The first-order valence-corrected chi connectivity index (χ1v) is 9.58. The van der Waals surface area contributed by atoms with Crippen molar-refractivity contribution in [3.63, 3.8) is 0 Å². The Balaban J connectivity index is 1.64. The fraction of sp³-hybridized carbons (Fsp3) is 0.368. The fourth-order valence-electron chi connectivity index (χ4n) is 3.40. The van der Waals surface area contributed by atoms with E-state index in [1.807, 2.05) is 7.05 Å². The molecule has 1 unspecified atom stereocenters. The van der Waals surface area contributed by atoms with Crippen molar-refractivity contribution >= 4 is 40.1 Å². The Morgan fingerprint density at radius 2 is 2.18 bits per heavy atom. The van der Waals surface area contributed by atoms with Gasteiger partial charge in [-0.3, -0.25) is 0 Å². The van der Waals surface area contributed by atoms with Crippen LogP contribution in [0.4, 0.5) is 21.8 Å². The summed E-state index contributed by atoms with van der Waals surface area (Å²) in [6.45, 7) is 5.30. The van der Waals surface area contributed by atoms with Gasteiger partial charge in [-0.05, 0) is 31.2 Å². The number of aromatic nitrogens is 4. The van der Waals surface area contributed by atoms with Gasteiger partial charge in [-0.2, -0.15) is 0 Å². The van der Waals surface area contributed by atoms with Crippen molar-refractivity contribution in [1.29, 1.82) is 0 Å². The molecule has 0 saturated carbocycles. The Kier molecular flexibility index (Phi) is 5.23. The van der Waals surface area contributed by atoms with Gasteiger partial charge < -0.3 is 15.1 Å². The molecule has 3 heterocycles. The first-order valence-electron chi connectivity index (χ1n) is 9.20. The molecule has 28 heavy (non-hydrogen) atoms. The Bertz CT molecular complexity index is 999. The monoisotopic (exact) mass is 401 g/mol. The number of hydrogen-bond donors (Lipinski definition) is 1. The van der Waals surface area contributed by atoms with E-state index in [4.69, 9.17) is 16.6 Å². The molecule has 1 aliphatic heterocycles. The zero-order valence-corrected chi connectivity index (χ0v) is 16.5. The normalized spacial score (nSPS) is 17.2. The largest absolute Gasteiger partial charge is 0.340 e. The minimum absolute atomic E-state index is 0.0418. The second-order valence-electron chi connectivity index (χ2n) is 6.83. The highest BCUT2D eigenvalue weighted by atomic mass is 35.5. The molecule has 3 aromatic rings. The van der Waals surface area contributed by atoms with Gasteiger partial charge in [0.2, 0.25) is 5.95 Å². The van der Waals surface area contributed by atoms with Crippen LogP contribution in [0.2, 0.25) is 5.02 Å². The van der Waals surface area contributed by atoms with E-state index in [0.29, 0.717) is 34.5 Å². The van der Waals surface area contributed by atoms with Crippen LogP contribution in [0.3, 0.4) is 0 Å². The average Bonchev–Trinajstić information content (AvgIpc) is 3.19. The molecular formula is C19H21ClFN7. The van der Waals surface area contributed by atoms with E-state index in [1.54, 1.807) is 12.3 Å². The van der Waals surface area contributed by atoms with E-state index in [0.717, 1.165) is 26.1 Å². The number of rotatable bonds is 5. The van der Waals surface area contributed by atoms with Gasteiger partial charge in [0.1, 0.15) is 23.2 Å². The number of anilines is 3. The molecule has 0 amide bonds. The zero-order valence-electron chi connectivity index (χ0n) is 15.7. The average molecular weight is 402 g/mol. The third-order valence-electron chi connectivity index (χ3n) is 5.10. The molecule has 0 spiro atoms. The van der Waals surface area contributed by atoms with Gasteiger partial charge in [0.25, 0.3) is 0 Å². The van der Waals surface area contributed by atoms with E-state index in [9.17, 15) is 4.39 Å². The van der Waals surface area contributed by atoms with E-state index in [1.165, 1.54) is 18.5 Å². The molecule has 7 nitrogen and oxygen atoms in total. The number of hydrogen-bond acceptors (Lipinski definition) is 7. The maximum absolute atomic E-state index is 13.4. The summed E-state index contributed by atoms with van der Waals surface area (Å²) in [6, 6.07) is 4.79. The van der Waals surface area contributed by atoms with E-state index >= 15 is 0 Å². The Labute approximate surface area is 167 Å². The van der Waals surface area contributed by atoms with Crippen molar-refractivity contribution in [2.24, 2.45) is 0 Å². The van der Waals surface area contributed by atoms with Crippen LogP contribution in [0, 0.1) is 5.82 Å². The maximum atomic E-state index is 13.4. The molecule has 4 rings (SSSR count). The number of halogens is 2. The number of fused-ring (bicyclic) bond motifs is 1. The van der Waals surface area contributed by atoms with Crippen molar-refractivity contribution in [3.05, 3.63) is 41.6 Å². The lowest BCUT2D eigenvalue weighted by molar-refractivity contribution is 0.352. The molecule has 9 heteroatoms. The fourth-order valence-corrected chi connectivity index (χ4v) is 3.58. The van der Waals surface area contributed by atoms with Crippen LogP contribution in [0.15, 0.2) is 30.7 Å². The van der Waals surface area contributed by atoms with Gasteiger partial charge in [-0.1, -0.05) is 18.5 Å². The molecule has 0 bridgehead atoms. The summed E-state index contributed by atoms with van der Waals surface area (Å²) in [7, 11) is 2.02. The maximum Gasteiger partial charge on any atom is 0.226 e. The third-order valence-corrected chi connectivity index (χ3v) is 5.39. The molecule has 2 aromatic heterocycles. The lowest BCUT2D eigenvalue weighted by Crippen LogP contribution is -2.35. The lowest BCUT2D eigenvalue weighted by Gasteiger charge is -2.24. The van der Waals surface area contributed by atoms with Crippen molar-refractivity contribution in [3.8, 4) is 0 Å². The van der Waals surface area contributed by atoms with Crippen LogP contribution in [-0.4, -0.2) is 57.6 Å². The molecule has 0 aliphatic carbocycles. The van der Waals surface area contributed by atoms with Crippen LogP contribution in [0.1, 0.15) is 13.3 Å². The van der Waals surface area contributed by atoms with Gasteiger partial charge in [0.05, 0.1) is 11.2 Å². The summed E-state index contributed by atoms with van der Waals surface area (Å²) in [5.74, 6) is 0.681. The van der Waals surface area contributed by atoms with Gasteiger partial charge in [-0.25, -0.2) is 24.3 Å². The van der Waals surface area contributed by atoms with Crippen molar-refractivity contribution in [2.45, 2.75) is 19.4 Å². The molecular weight excluding hydrogens is 381 g/mol. The van der Waals surface area contributed by atoms with Crippen molar-refractivity contribution in [1.82, 2.24) is 24.8 Å². The standard InChI is InChI=1S/C19H21ClFN7/c1-3-28-7-6-13(10-28)27(2)19-22-9-16-17(26-19)18(24-11-23-16)25-12-4-5-15(21)14(20)8-12/h4-5,8-9,11,13H,3,6-7,10H2,1-2H3,(H,23,24,25). The van der Waals surface area contributed by atoms with E-state index in [2.05, 4.69) is 37.0 Å². The number of likely N-dealkylation sites (N-methyl/N-ethyl adjacent to an activating group) is 2. The lowest BCUT2D eigenvalue weighted by atomic mass is 10.2.